The lowest BCUT2D eigenvalue weighted by molar-refractivity contribution is 0.344. The lowest BCUT2D eigenvalue weighted by atomic mass is 9.73. The van der Waals surface area contributed by atoms with Crippen LogP contribution >= 0.6 is 15.9 Å². The van der Waals surface area contributed by atoms with E-state index in [1.54, 1.807) is 0 Å². The Balaban J connectivity index is 2.96. The van der Waals surface area contributed by atoms with Crippen molar-refractivity contribution < 1.29 is 0 Å². The van der Waals surface area contributed by atoms with Crippen molar-refractivity contribution in [2.45, 2.75) is 45.4 Å². The van der Waals surface area contributed by atoms with Gasteiger partial charge in [-0.3, -0.25) is 0 Å². The van der Waals surface area contributed by atoms with Gasteiger partial charge >= 0.3 is 0 Å². The molecule has 2 atom stereocenters. The van der Waals surface area contributed by atoms with Crippen LogP contribution in [0.4, 0.5) is 0 Å². The predicted molar refractivity (Wildman–Crippen MR) is 76.3 cm³/mol. The van der Waals surface area contributed by atoms with Gasteiger partial charge in [0.25, 0.3) is 0 Å². The van der Waals surface area contributed by atoms with Crippen LogP contribution in [-0.2, 0) is 5.41 Å². The lowest BCUT2D eigenvalue weighted by Crippen LogP contribution is -2.29. The number of benzene rings is 1. The maximum Gasteiger partial charge on any atom is 0.0129 e. The Morgan fingerprint density at radius 3 is 2.25 bits per heavy atom. The van der Waals surface area contributed by atoms with Gasteiger partial charge in [0, 0.05) is 10.7 Å². The van der Waals surface area contributed by atoms with E-state index in [1.807, 2.05) is 0 Å². The van der Waals surface area contributed by atoms with E-state index in [2.05, 4.69) is 67.0 Å². The van der Waals surface area contributed by atoms with Gasteiger partial charge in [0.1, 0.15) is 0 Å². The maximum atomic E-state index is 3.73. The highest BCUT2D eigenvalue weighted by molar-refractivity contribution is 9.09. The molecule has 0 radical (unpaired) electrons. The summed E-state index contributed by atoms with van der Waals surface area (Å²) in [6, 6.07) is 10.9. The van der Waals surface area contributed by atoms with Crippen LogP contribution in [0.2, 0.25) is 0 Å². The zero-order chi connectivity index (χ0) is 12.0. The van der Waals surface area contributed by atoms with Crippen molar-refractivity contribution in [3.63, 3.8) is 0 Å². The summed E-state index contributed by atoms with van der Waals surface area (Å²) >= 11 is 3.73. The third-order valence-corrected chi connectivity index (χ3v) is 4.83. The molecule has 0 fully saturated rings. The Bertz CT molecular complexity index is 288. The van der Waals surface area contributed by atoms with Crippen molar-refractivity contribution in [2.75, 3.05) is 5.33 Å². The number of alkyl halides is 1. The van der Waals surface area contributed by atoms with Crippen LogP contribution in [0.25, 0.3) is 0 Å². The van der Waals surface area contributed by atoms with Crippen LogP contribution < -0.4 is 0 Å². The first-order valence-corrected chi connectivity index (χ1v) is 7.42. The Kier molecular flexibility index (Phi) is 5.54. The van der Waals surface area contributed by atoms with Crippen LogP contribution in [0, 0.1) is 5.92 Å². The molecule has 1 rings (SSSR count). The van der Waals surface area contributed by atoms with Gasteiger partial charge in [-0.15, -0.1) is 0 Å². The number of hydrogen-bond acceptors (Lipinski definition) is 0. The van der Waals surface area contributed by atoms with Crippen LogP contribution in [0.5, 0.6) is 0 Å². The van der Waals surface area contributed by atoms with Gasteiger partial charge < -0.3 is 0 Å². The summed E-state index contributed by atoms with van der Waals surface area (Å²) in [5.41, 5.74) is 1.80. The molecule has 0 N–H and O–H groups in total. The fourth-order valence-corrected chi connectivity index (χ4v) is 3.24. The summed E-state index contributed by atoms with van der Waals surface area (Å²) in [5, 5.41) is 1.06. The first-order valence-electron chi connectivity index (χ1n) is 6.30. The molecule has 90 valence electrons. The number of rotatable bonds is 6. The van der Waals surface area contributed by atoms with Crippen LogP contribution in [0.3, 0.4) is 0 Å². The van der Waals surface area contributed by atoms with E-state index in [0.717, 1.165) is 11.2 Å². The Labute approximate surface area is 109 Å². The second kappa shape index (κ2) is 6.44. The summed E-state index contributed by atoms with van der Waals surface area (Å²) in [6.45, 7) is 6.94. The minimum Gasteiger partial charge on any atom is -0.0918 e. The van der Waals surface area contributed by atoms with E-state index < -0.39 is 0 Å². The SMILES string of the molecule is CCC(C)CC(CC)(CBr)c1ccccc1. The van der Waals surface area contributed by atoms with Crippen molar-refractivity contribution in [1.82, 2.24) is 0 Å². The van der Waals surface area contributed by atoms with Crippen LogP contribution in [0.1, 0.15) is 45.6 Å². The molecule has 2 unspecified atom stereocenters. The highest BCUT2D eigenvalue weighted by Gasteiger charge is 2.30. The zero-order valence-electron chi connectivity index (χ0n) is 10.7. The summed E-state index contributed by atoms with van der Waals surface area (Å²) in [5.74, 6) is 0.790. The molecule has 0 aliphatic carbocycles. The molecule has 0 aliphatic rings. The van der Waals surface area contributed by atoms with E-state index >= 15 is 0 Å². The topological polar surface area (TPSA) is 0 Å². The molecule has 1 heteroatoms. The van der Waals surface area contributed by atoms with Gasteiger partial charge in [0.15, 0.2) is 0 Å². The molecule has 1 aromatic rings. The van der Waals surface area contributed by atoms with Gasteiger partial charge in [0.2, 0.25) is 0 Å². The lowest BCUT2D eigenvalue weighted by Gasteiger charge is -2.34. The minimum atomic E-state index is 0.316. The predicted octanol–water partition coefficient (Wildman–Crippen LogP) is 5.17. The standard InChI is InChI=1S/C15H23Br/c1-4-13(3)11-15(5-2,12-16)14-9-7-6-8-10-14/h6-10,13H,4-5,11-12H2,1-3H3. The molecular weight excluding hydrogens is 260 g/mol. The van der Waals surface area contributed by atoms with E-state index in [0.29, 0.717) is 5.41 Å². The highest BCUT2D eigenvalue weighted by atomic mass is 79.9. The number of hydrogen-bond donors (Lipinski definition) is 0. The van der Waals surface area contributed by atoms with Crippen molar-refractivity contribution in [1.29, 1.82) is 0 Å². The second-order valence-electron chi connectivity index (χ2n) is 4.85. The normalized spacial score (nSPS) is 16.8. The average molecular weight is 283 g/mol. The van der Waals surface area contributed by atoms with Crippen molar-refractivity contribution in [3.8, 4) is 0 Å². The molecule has 0 nitrogen and oxygen atoms in total. The van der Waals surface area contributed by atoms with E-state index in [1.165, 1.54) is 24.8 Å². The van der Waals surface area contributed by atoms with E-state index in [9.17, 15) is 0 Å². The average Bonchev–Trinajstić information content (AvgIpc) is 2.37. The summed E-state index contributed by atoms with van der Waals surface area (Å²) in [7, 11) is 0. The minimum absolute atomic E-state index is 0.316. The van der Waals surface area contributed by atoms with Crippen molar-refractivity contribution >= 4 is 15.9 Å². The molecule has 1 aromatic carbocycles. The first-order chi connectivity index (χ1) is 7.68. The summed E-state index contributed by atoms with van der Waals surface area (Å²) < 4.78 is 0. The smallest absolute Gasteiger partial charge is 0.0129 e. The molecule has 0 heterocycles. The largest absolute Gasteiger partial charge is 0.0918 e. The van der Waals surface area contributed by atoms with Crippen molar-refractivity contribution in [2.24, 2.45) is 5.92 Å². The molecule has 0 aliphatic heterocycles. The number of halogens is 1. The van der Waals surface area contributed by atoms with E-state index in [-0.39, 0.29) is 0 Å². The second-order valence-corrected chi connectivity index (χ2v) is 5.41. The maximum absolute atomic E-state index is 3.73. The Morgan fingerprint density at radius 1 is 1.19 bits per heavy atom. The van der Waals surface area contributed by atoms with Crippen LogP contribution in [-0.4, -0.2) is 5.33 Å². The van der Waals surface area contributed by atoms with Gasteiger partial charge in [-0.2, -0.15) is 0 Å². The molecule has 16 heavy (non-hydrogen) atoms. The molecule has 0 spiro atoms. The molecule has 0 bridgehead atoms. The zero-order valence-corrected chi connectivity index (χ0v) is 12.3. The fourth-order valence-electron chi connectivity index (χ4n) is 2.30. The summed E-state index contributed by atoms with van der Waals surface area (Å²) in [4.78, 5) is 0. The Morgan fingerprint density at radius 2 is 1.81 bits per heavy atom. The molecule has 0 amide bonds. The molecular formula is C15H23Br. The quantitative estimate of drug-likeness (QED) is 0.632. The van der Waals surface area contributed by atoms with Gasteiger partial charge in [-0.1, -0.05) is 73.5 Å². The fraction of sp³-hybridized carbons (Fsp3) is 0.600. The van der Waals surface area contributed by atoms with Gasteiger partial charge in [0.05, 0.1) is 0 Å². The molecule has 0 aromatic heterocycles. The monoisotopic (exact) mass is 282 g/mol. The van der Waals surface area contributed by atoms with E-state index in [4.69, 9.17) is 0 Å². The van der Waals surface area contributed by atoms with Gasteiger partial charge in [-0.05, 0) is 24.3 Å². The molecule has 0 saturated carbocycles. The van der Waals surface area contributed by atoms with Crippen molar-refractivity contribution in [3.05, 3.63) is 35.9 Å². The highest BCUT2D eigenvalue weighted by Crippen LogP contribution is 2.37. The Hall–Kier alpha value is -0.300. The van der Waals surface area contributed by atoms with Crippen LogP contribution in [0.15, 0.2) is 30.3 Å². The summed E-state index contributed by atoms with van der Waals surface area (Å²) in [6.07, 6.45) is 3.74. The molecule has 0 saturated heterocycles. The third kappa shape index (κ3) is 3.10. The first kappa shape index (κ1) is 13.8. The van der Waals surface area contributed by atoms with Gasteiger partial charge in [-0.25, -0.2) is 0 Å². The third-order valence-electron chi connectivity index (χ3n) is 3.75.